The molecule has 0 saturated carbocycles. The minimum Gasteiger partial charge on any atom is -0.493 e. The van der Waals surface area contributed by atoms with E-state index in [2.05, 4.69) is 9.71 Å². The van der Waals surface area contributed by atoms with Crippen LogP contribution in [0.5, 0.6) is 11.5 Å². The molecule has 0 amide bonds. The molecule has 9 heteroatoms. The molecule has 0 bridgehead atoms. The lowest BCUT2D eigenvalue weighted by Gasteiger charge is -2.10. The van der Waals surface area contributed by atoms with Gasteiger partial charge in [-0.3, -0.25) is 4.98 Å². The van der Waals surface area contributed by atoms with Gasteiger partial charge in [0.15, 0.2) is 17.1 Å². The Balaban J connectivity index is 1.70. The van der Waals surface area contributed by atoms with Gasteiger partial charge in [-0.2, -0.15) is 0 Å². The fraction of sp³-hybridized carbons (Fsp3) is 0.235. The second kappa shape index (κ2) is 7.22. The molecule has 138 valence electrons. The number of sulfonamides is 1. The highest BCUT2D eigenvalue weighted by atomic mass is 32.2. The van der Waals surface area contributed by atoms with E-state index in [9.17, 15) is 13.2 Å². The van der Waals surface area contributed by atoms with E-state index >= 15 is 0 Å². The van der Waals surface area contributed by atoms with Crippen LogP contribution in [-0.2, 0) is 16.4 Å². The number of aromatic amines is 1. The zero-order valence-corrected chi connectivity index (χ0v) is 15.1. The lowest BCUT2D eigenvalue weighted by molar-refractivity contribution is 0.354. The summed E-state index contributed by atoms with van der Waals surface area (Å²) in [5.41, 5.74) is 1.54. The number of H-pyrrole nitrogens is 1. The topological polar surface area (TPSA) is 111 Å². The van der Waals surface area contributed by atoms with Gasteiger partial charge in [0.1, 0.15) is 0 Å². The maximum atomic E-state index is 12.4. The van der Waals surface area contributed by atoms with Crippen LogP contribution in [0.15, 0.2) is 50.5 Å². The van der Waals surface area contributed by atoms with Crippen LogP contribution in [0.2, 0.25) is 0 Å². The maximum absolute atomic E-state index is 12.4. The van der Waals surface area contributed by atoms with E-state index in [1.807, 2.05) is 6.07 Å². The highest BCUT2D eigenvalue weighted by molar-refractivity contribution is 7.89. The smallest absolute Gasteiger partial charge is 0.417 e. The van der Waals surface area contributed by atoms with E-state index in [4.69, 9.17) is 13.9 Å². The summed E-state index contributed by atoms with van der Waals surface area (Å²) < 4.78 is 42.7. The summed E-state index contributed by atoms with van der Waals surface area (Å²) >= 11 is 0. The van der Waals surface area contributed by atoms with Gasteiger partial charge in [-0.05, 0) is 42.3 Å². The fourth-order valence-corrected chi connectivity index (χ4v) is 3.61. The summed E-state index contributed by atoms with van der Waals surface area (Å²) in [5, 5.41) is 0. The highest BCUT2D eigenvalue weighted by Crippen LogP contribution is 2.27. The van der Waals surface area contributed by atoms with Crippen LogP contribution in [0.25, 0.3) is 11.1 Å². The van der Waals surface area contributed by atoms with E-state index in [0.717, 1.165) is 5.56 Å². The van der Waals surface area contributed by atoms with Crippen LogP contribution < -0.4 is 20.0 Å². The molecule has 2 N–H and O–H groups in total. The van der Waals surface area contributed by atoms with Crippen molar-refractivity contribution in [3.63, 3.8) is 0 Å². The van der Waals surface area contributed by atoms with Gasteiger partial charge in [0.25, 0.3) is 0 Å². The van der Waals surface area contributed by atoms with Crippen LogP contribution in [0.4, 0.5) is 0 Å². The van der Waals surface area contributed by atoms with E-state index < -0.39 is 15.8 Å². The Hall–Kier alpha value is -2.78. The van der Waals surface area contributed by atoms with Crippen LogP contribution in [0.1, 0.15) is 5.56 Å². The lowest BCUT2D eigenvalue weighted by Crippen LogP contribution is -2.26. The van der Waals surface area contributed by atoms with Crippen LogP contribution in [0, 0.1) is 0 Å². The minimum absolute atomic E-state index is 0.0503. The summed E-state index contributed by atoms with van der Waals surface area (Å²) in [4.78, 5) is 13.7. The molecule has 8 nitrogen and oxygen atoms in total. The van der Waals surface area contributed by atoms with E-state index in [1.165, 1.54) is 18.2 Å². The van der Waals surface area contributed by atoms with Crippen molar-refractivity contribution in [2.24, 2.45) is 0 Å². The zero-order chi connectivity index (χ0) is 18.7. The van der Waals surface area contributed by atoms with Crippen molar-refractivity contribution >= 4 is 21.1 Å². The molecule has 26 heavy (non-hydrogen) atoms. The minimum atomic E-state index is -3.71. The molecule has 3 aromatic rings. The molecule has 0 fully saturated rings. The van der Waals surface area contributed by atoms with Crippen LogP contribution in [0.3, 0.4) is 0 Å². The summed E-state index contributed by atoms with van der Waals surface area (Å²) in [6.07, 6.45) is 0.477. The first-order chi connectivity index (χ1) is 12.4. The number of ether oxygens (including phenoxy) is 2. The zero-order valence-electron chi connectivity index (χ0n) is 14.2. The molecule has 0 radical (unpaired) electrons. The molecular formula is C17H18N2O6S. The standard InChI is InChI=1S/C17H18N2O6S/c1-23-15-5-3-11(9-16(15)24-2)7-8-18-26(21,22)12-4-6-14-13(10-12)19-17(20)25-14/h3-6,9-10,18H,7-8H2,1-2H3,(H,19,20). The van der Waals surface area contributed by atoms with Crippen molar-refractivity contribution in [3.05, 3.63) is 52.5 Å². The van der Waals surface area contributed by atoms with Crippen molar-refractivity contribution in [1.29, 1.82) is 0 Å². The number of nitrogens with one attached hydrogen (secondary N) is 2. The number of methoxy groups -OCH3 is 2. The first kappa shape index (κ1) is 18.0. The van der Waals surface area contributed by atoms with E-state index in [1.54, 1.807) is 26.4 Å². The third-order valence-corrected chi connectivity index (χ3v) is 5.31. The fourth-order valence-electron chi connectivity index (χ4n) is 2.55. The third-order valence-electron chi connectivity index (χ3n) is 3.85. The molecule has 0 atom stereocenters. The average molecular weight is 378 g/mol. The molecule has 0 aliphatic heterocycles. The van der Waals surface area contributed by atoms with Gasteiger partial charge < -0.3 is 13.9 Å². The lowest BCUT2D eigenvalue weighted by atomic mass is 10.1. The number of aromatic nitrogens is 1. The summed E-state index contributed by atoms with van der Waals surface area (Å²) in [7, 11) is -0.617. The van der Waals surface area contributed by atoms with Crippen molar-refractivity contribution in [2.75, 3.05) is 20.8 Å². The monoisotopic (exact) mass is 378 g/mol. The number of hydrogen-bond acceptors (Lipinski definition) is 6. The Kier molecular flexibility index (Phi) is 5.01. The van der Waals surface area contributed by atoms with E-state index in [0.29, 0.717) is 29.0 Å². The molecule has 1 heterocycles. The predicted molar refractivity (Wildman–Crippen MR) is 95.3 cm³/mol. The highest BCUT2D eigenvalue weighted by Gasteiger charge is 2.15. The Morgan fingerprint density at radius 3 is 2.58 bits per heavy atom. The molecule has 2 aromatic carbocycles. The van der Waals surface area contributed by atoms with Crippen molar-refractivity contribution < 1.29 is 22.3 Å². The van der Waals surface area contributed by atoms with Gasteiger partial charge in [-0.15, -0.1) is 0 Å². The Bertz CT molecular complexity index is 1080. The van der Waals surface area contributed by atoms with E-state index in [-0.39, 0.29) is 11.4 Å². The quantitative estimate of drug-likeness (QED) is 0.647. The number of rotatable bonds is 7. The van der Waals surface area contributed by atoms with Gasteiger partial charge in [0.2, 0.25) is 10.0 Å². The van der Waals surface area contributed by atoms with Gasteiger partial charge in [-0.1, -0.05) is 6.07 Å². The summed E-state index contributed by atoms with van der Waals surface area (Å²) in [6, 6.07) is 9.60. The Morgan fingerprint density at radius 2 is 1.85 bits per heavy atom. The normalized spacial score (nSPS) is 11.6. The largest absolute Gasteiger partial charge is 0.493 e. The van der Waals surface area contributed by atoms with Gasteiger partial charge >= 0.3 is 5.76 Å². The first-order valence-electron chi connectivity index (χ1n) is 7.76. The van der Waals surface area contributed by atoms with Crippen LogP contribution in [-0.4, -0.2) is 34.2 Å². The predicted octanol–water partition coefficient (Wildman–Crippen LogP) is 1.66. The van der Waals surface area contributed by atoms with Crippen LogP contribution >= 0.6 is 0 Å². The molecular weight excluding hydrogens is 360 g/mol. The SMILES string of the molecule is COc1ccc(CCNS(=O)(=O)c2ccc3oc(=O)[nH]c3c2)cc1OC. The van der Waals surface area contributed by atoms with Crippen molar-refractivity contribution in [1.82, 2.24) is 9.71 Å². The second-order valence-electron chi connectivity index (χ2n) is 5.51. The van der Waals surface area contributed by atoms with Crippen molar-refractivity contribution in [2.45, 2.75) is 11.3 Å². The molecule has 0 unspecified atom stereocenters. The Labute approximate surface area is 149 Å². The maximum Gasteiger partial charge on any atom is 0.417 e. The van der Waals surface area contributed by atoms with Gasteiger partial charge in [0, 0.05) is 6.54 Å². The first-order valence-corrected chi connectivity index (χ1v) is 9.25. The molecule has 0 spiro atoms. The number of hydrogen-bond donors (Lipinski definition) is 2. The summed E-state index contributed by atoms with van der Waals surface area (Å²) in [6.45, 7) is 0.206. The molecule has 3 rings (SSSR count). The molecule has 0 aliphatic carbocycles. The second-order valence-corrected chi connectivity index (χ2v) is 7.28. The number of fused-ring (bicyclic) bond motifs is 1. The summed E-state index contributed by atoms with van der Waals surface area (Å²) in [5.74, 6) is 0.567. The Morgan fingerprint density at radius 1 is 1.08 bits per heavy atom. The third kappa shape index (κ3) is 3.73. The average Bonchev–Trinajstić information content (AvgIpc) is 3.00. The molecule has 0 aliphatic rings. The number of oxazole rings is 1. The van der Waals surface area contributed by atoms with Crippen molar-refractivity contribution in [3.8, 4) is 11.5 Å². The van der Waals surface area contributed by atoms with Gasteiger partial charge in [0.05, 0.1) is 24.6 Å². The molecule has 0 saturated heterocycles. The molecule has 1 aromatic heterocycles. The number of benzene rings is 2. The van der Waals surface area contributed by atoms with Gasteiger partial charge in [-0.25, -0.2) is 17.9 Å².